The lowest BCUT2D eigenvalue weighted by molar-refractivity contribution is 0.128. The van der Waals surface area contributed by atoms with Crippen LogP contribution < -0.4 is 5.32 Å². The van der Waals surface area contributed by atoms with Crippen molar-refractivity contribution in [3.63, 3.8) is 0 Å². The van der Waals surface area contributed by atoms with Crippen LogP contribution in [-0.4, -0.2) is 37.2 Å². The second kappa shape index (κ2) is 6.40. The average Bonchev–Trinajstić information content (AvgIpc) is 2.35. The molecule has 100 valence electrons. The van der Waals surface area contributed by atoms with Crippen LogP contribution in [0.1, 0.15) is 19.4 Å². The first-order chi connectivity index (χ1) is 8.42. The fourth-order valence-electron chi connectivity index (χ4n) is 1.22. The molecule has 0 atom stereocenters. The van der Waals surface area contributed by atoms with Crippen molar-refractivity contribution < 1.29 is 9.53 Å². The van der Waals surface area contributed by atoms with Crippen LogP contribution in [0.15, 0.2) is 30.3 Å². The monoisotopic (exact) mass is 250 g/mol. The number of alkyl carbamates (subject to hydrolysis) is 1. The normalized spacial score (nSPS) is 11.4. The summed E-state index contributed by atoms with van der Waals surface area (Å²) in [7, 11) is 3.97. The largest absolute Gasteiger partial charge is 0.445 e. The molecule has 0 aliphatic heterocycles. The van der Waals surface area contributed by atoms with Crippen molar-refractivity contribution in [1.82, 2.24) is 10.2 Å². The molecule has 4 nitrogen and oxygen atoms in total. The lowest BCUT2D eigenvalue weighted by atomic mass is 10.1. The number of hydrogen-bond acceptors (Lipinski definition) is 3. The van der Waals surface area contributed by atoms with E-state index in [4.69, 9.17) is 4.74 Å². The maximum Gasteiger partial charge on any atom is 0.407 e. The van der Waals surface area contributed by atoms with Crippen LogP contribution in [0.25, 0.3) is 0 Å². The Morgan fingerprint density at radius 3 is 2.44 bits per heavy atom. The average molecular weight is 250 g/mol. The van der Waals surface area contributed by atoms with E-state index in [0.717, 1.165) is 5.56 Å². The highest BCUT2D eigenvalue weighted by Gasteiger charge is 2.21. The summed E-state index contributed by atoms with van der Waals surface area (Å²) in [5.74, 6) is 0. The molecule has 1 N–H and O–H groups in total. The van der Waals surface area contributed by atoms with Gasteiger partial charge < -0.3 is 15.0 Å². The Kier molecular flexibility index (Phi) is 5.16. The maximum absolute atomic E-state index is 11.5. The highest BCUT2D eigenvalue weighted by molar-refractivity contribution is 5.67. The number of benzene rings is 1. The number of hydrogen-bond donors (Lipinski definition) is 1. The fourth-order valence-corrected chi connectivity index (χ4v) is 1.22. The first kappa shape index (κ1) is 14.5. The Bertz CT molecular complexity index is 375. The minimum absolute atomic E-state index is 0.0915. The second-order valence-electron chi connectivity index (χ2n) is 5.12. The van der Waals surface area contributed by atoms with Crippen LogP contribution in [0.4, 0.5) is 4.79 Å². The van der Waals surface area contributed by atoms with Gasteiger partial charge >= 0.3 is 6.09 Å². The maximum atomic E-state index is 11.5. The first-order valence-electron chi connectivity index (χ1n) is 6.04. The van der Waals surface area contributed by atoms with Gasteiger partial charge in [-0.3, -0.25) is 0 Å². The molecule has 0 saturated heterocycles. The number of nitrogens with one attached hydrogen (secondary N) is 1. The summed E-state index contributed by atoms with van der Waals surface area (Å²) in [6.07, 6.45) is -0.381. The van der Waals surface area contributed by atoms with Gasteiger partial charge in [-0.15, -0.1) is 0 Å². The van der Waals surface area contributed by atoms with Gasteiger partial charge in [0.1, 0.15) is 6.61 Å². The lowest BCUT2D eigenvalue weighted by Gasteiger charge is -2.32. The second-order valence-corrected chi connectivity index (χ2v) is 5.12. The van der Waals surface area contributed by atoms with Crippen LogP contribution in [0.5, 0.6) is 0 Å². The Morgan fingerprint density at radius 1 is 1.28 bits per heavy atom. The van der Waals surface area contributed by atoms with E-state index in [1.54, 1.807) is 0 Å². The molecule has 1 amide bonds. The summed E-state index contributed by atoms with van der Waals surface area (Å²) in [4.78, 5) is 13.6. The topological polar surface area (TPSA) is 41.6 Å². The van der Waals surface area contributed by atoms with Gasteiger partial charge in [-0.2, -0.15) is 0 Å². The molecule has 0 radical (unpaired) electrons. The van der Waals surface area contributed by atoms with Crippen LogP contribution >= 0.6 is 0 Å². The van der Waals surface area contributed by atoms with Crippen molar-refractivity contribution in [3.8, 4) is 0 Å². The van der Waals surface area contributed by atoms with E-state index in [2.05, 4.69) is 24.1 Å². The molecular formula is C14H22N2O2. The molecule has 0 fully saturated rings. The zero-order valence-electron chi connectivity index (χ0n) is 11.6. The van der Waals surface area contributed by atoms with E-state index < -0.39 is 0 Å². The van der Waals surface area contributed by atoms with Gasteiger partial charge in [-0.05, 0) is 33.5 Å². The molecular weight excluding hydrogens is 228 g/mol. The van der Waals surface area contributed by atoms with Gasteiger partial charge in [-0.25, -0.2) is 4.79 Å². The molecule has 0 heterocycles. The number of nitrogens with zero attached hydrogens (tertiary/aromatic N) is 1. The molecule has 0 bridgehead atoms. The van der Waals surface area contributed by atoms with Crippen molar-refractivity contribution >= 4 is 6.09 Å². The Balaban J connectivity index is 2.31. The van der Waals surface area contributed by atoms with E-state index in [0.29, 0.717) is 13.2 Å². The van der Waals surface area contributed by atoms with E-state index in [-0.39, 0.29) is 11.6 Å². The molecule has 1 rings (SSSR count). The minimum Gasteiger partial charge on any atom is -0.445 e. The molecule has 18 heavy (non-hydrogen) atoms. The number of amides is 1. The molecule has 0 spiro atoms. The molecule has 0 saturated carbocycles. The fraction of sp³-hybridized carbons (Fsp3) is 0.500. The van der Waals surface area contributed by atoms with E-state index in [1.165, 1.54) is 0 Å². The lowest BCUT2D eigenvalue weighted by Crippen LogP contribution is -2.48. The number of carbonyl (C=O) groups is 1. The smallest absolute Gasteiger partial charge is 0.407 e. The van der Waals surface area contributed by atoms with Crippen LogP contribution in [0, 0.1) is 0 Å². The SMILES string of the molecule is CN(C)C(C)(C)CNC(=O)OCc1ccccc1. The third kappa shape index (κ3) is 4.75. The van der Waals surface area contributed by atoms with Gasteiger partial charge in [-0.1, -0.05) is 30.3 Å². The van der Waals surface area contributed by atoms with Gasteiger partial charge in [0.15, 0.2) is 0 Å². The van der Waals surface area contributed by atoms with Gasteiger partial charge in [0, 0.05) is 12.1 Å². The zero-order valence-corrected chi connectivity index (χ0v) is 11.6. The Hall–Kier alpha value is -1.55. The number of rotatable bonds is 5. The van der Waals surface area contributed by atoms with Crippen molar-refractivity contribution in [1.29, 1.82) is 0 Å². The zero-order chi connectivity index (χ0) is 13.6. The highest BCUT2D eigenvalue weighted by Crippen LogP contribution is 2.08. The predicted molar refractivity (Wildman–Crippen MR) is 72.4 cm³/mol. The summed E-state index contributed by atoms with van der Waals surface area (Å²) >= 11 is 0. The summed E-state index contributed by atoms with van der Waals surface area (Å²) in [6.45, 7) is 4.97. The Labute approximate surface area is 109 Å². The predicted octanol–water partition coefficient (Wildman–Crippen LogP) is 2.25. The van der Waals surface area contributed by atoms with E-state index in [9.17, 15) is 4.79 Å². The number of ether oxygens (including phenoxy) is 1. The van der Waals surface area contributed by atoms with Gasteiger partial charge in [0.2, 0.25) is 0 Å². The minimum atomic E-state index is -0.381. The molecule has 0 aromatic heterocycles. The quantitative estimate of drug-likeness (QED) is 0.871. The summed E-state index contributed by atoms with van der Waals surface area (Å²) in [5.41, 5.74) is 0.894. The first-order valence-corrected chi connectivity index (χ1v) is 6.04. The van der Waals surface area contributed by atoms with Crippen molar-refractivity contribution in [2.75, 3.05) is 20.6 Å². The van der Waals surface area contributed by atoms with Gasteiger partial charge in [0.25, 0.3) is 0 Å². The standard InChI is InChI=1S/C14H22N2O2/c1-14(2,16(3)4)11-15-13(17)18-10-12-8-6-5-7-9-12/h5-9H,10-11H2,1-4H3,(H,15,17). The van der Waals surface area contributed by atoms with Crippen molar-refractivity contribution in [2.24, 2.45) is 0 Å². The Morgan fingerprint density at radius 2 is 1.89 bits per heavy atom. The third-order valence-electron chi connectivity index (χ3n) is 3.09. The molecule has 0 aliphatic rings. The molecule has 0 unspecified atom stereocenters. The molecule has 4 heteroatoms. The van der Waals surface area contributed by atoms with Crippen molar-refractivity contribution in [3.05, 3.63) is 35.9 Å². The van der Waals surface area contributed by atoms with Crippen LogP contribution in [0.2, 0.25) is 0 Å². The van der Waals surface area contributed by atoms with E-state index in [1.807, 2.05) is 44.4 Å². The number of carbonyl (C=O) groups excluding carboxylic acids is 1. The summed E-state index contributed by atoms with van der Waals surface area (Å²) in [5, 5.41) is 2.77. The van der Waals surface area contributed by atoms with Crippen LogP contribution in [0.3, 0.4) is 0 Å². The summed E-state index contributed by atoms with van der Waals surface area (Å²) in [6, 6.07) is 9.63. The molecule has 1 aromatic rings. The van der Waals surface area contributed by atoms with Crippen molar-refractivity contribution in [2.45, 2.75) is 26.0 Å². The third-order valence-corrected chi connectivity index (χ3v) is 3.09. The van der Waals surface area contributed by atoms with Gasteiger partial charge in [0.05, 0.1) is 0 Å². The molecule has 1 aromatic carbocycles. The van der Waals surface area contributed by atoms with Crippen LogP contribution in [-0.2, 0) is 11.3 Å². The number of likely N-dealkylation sites (N-methyl/N-ethyl adjacent to an activating group) is 1. The summed E-state index contributed by atoms with van der Waals surface area (Å²) < 4.78 is 5.13. The van der Waals surface area contributed by atoms with E-state index >= 15 is 0 Å². The molecule has 0 aliphatic carbocycles. The highest BCUT2D eigenvalue weighted by atomic mass is 16.5.